The molecule has 92 valence electrons. The molecule has 0 radical (unpaired) electrons. The van der Waals surface area contributed by atoms with Gasteiger partial charge in [-0.2, -0.15) is 0 Å². The van der Waals surface area contributed by atoms with Gasteiger partial charge in [-0.05, 0) is 37.7 Å². The van der Waals surface area contributed by atoms with Crippen LogP contribution >= 0.6 is 0 Å². The van der Waals surface area contributed by atoms with E-state index < -0.39 is 12.2 Å². The van der Waals surface area contributed by atoms with Gasteiger partial charge in [0.05, 0.1) is 6.10 Å². The van der Waals surface area contributed by atoms with Gasteiger partial charge in [0, 0.05) is 0 Å². The van der Waals surface area contributed by atoms with E-state index in [9.17, 15) is 10.2 Å². The van der Waals surface area contributed by atoms with Gasteiger partial charge in [0.1, 0.15) is 0 Å². The fourth-order valence-electron chi connectivity index (χ4n) is 2.32. The quantitative estimate of drug-likeness (QED) is 0.808. The molecule has 1 aliphatic carbocycles. The van der Waals surface area contributed by atoms with E-state index in [1.54, 1.807) is 0 Å². The van der Waals surface area contributed by atoms with E-state index in [0.717, 1.165) is 30.4 Å². The van der Waals surface area contributed by atoms with Crippen LogP contribution < -0.4 is 5.11 Å². The molecule has 2 nitrogen and oxygen atoms in total. The third kappa shape index (κ3) is 3.42. The molecule has 1 N–H and O–H groups in total. The molecule has 1 aliphatic rings. The summed E-state index contributed by atoms with van der Waals surface area (Å²) in [6.45, 7) is 0. The highest BCUT2D eigenvalue weighted by molar-refractivity contribution is 5.19. The molecule has 0 aliphatic heterocycles. The second kappa shape index (κ2) is 5.99. The molecule has 0 saturated heterocycles. The molecule has 0 bridgehead atoms. The van der Waals surface area contributed by atoms with Crippen LogP contribution in [0.4, 0.5) is 0 Å². The van der Waals surface area contributed by atoms with Crippen LogP contribution in [0.3, 0.4) is 0 Å². The number of rotatable bonds is 4. The average Bonchev–Trinajstić information content (AvgIpc) is 2.40. The van der Waals surface area contributed by atoms with Crippen LogP contribution in [0.5, 0.6) is 0 Å². The van der Waals surface area contributed by atoms with Crippen molar-refractivity contribution in [1.29, 1.82) is 0 Å². The molecule has 2 atom stereocenters. The fourth-order valence-corrected chi connectivity index (χ4v) is 2.32. The van der Waals surface area contributed by atoms with E-state index in [1.807, 2.05) is 30.3 Å². The smallest absolute Gasteiger partial charge is 0.0782 e. The predicted octanol–water partition coefficient (Wildman–Crippen LogP) is 2.34. The van der Waals surface area contributed by atoms with Gasteiger partial charge in [-0.15, -0.1) is 6.10 Å². The van der Waals surface area contributed by atoms with Crippen LogP contribution in [0.25, 0.3) is 0 Å². The number of aliphatic hydroxyl groups is 1. The highest BCUT2D eigenvalue weighted by Crippen LogP contribution is 2.25. The molecule has 1 aromatic carbocycles. The lowest BCUT2D eigenvalue weighted by Crippen LogP contribution is -2.30. The molecule has 0 fully saturated rings. The topological polar surface area (TPSA) is 43.3 Å². The fraction of sp³-hybridized carbons (Fsp3) is 0.467. The molecule has 0 saturated carbocycles. The third-order valence-corrected chi connectivity index (χ3v) is 3.36. The second-order valence-electron chi connectivity index (χ2n) is 4.68. The van der Waals surface area contributed by atoms with Crippen molar-refractivity contribution < 1.29 is 10.2 Å². The molecule has 2 rings (SSSR count). The minimum Gasteiger partial charge on any atom is -0.849 e. The Bertz CT molecular complexity index is 370. The van der Waals surface area contributed by atoms with Crippen LogP contribution in [0.1, 0.15) is 43.8 Å². The lowest BCUT2D eigenvalue weighted by atomic mass is 9.91. The van der Waals surface area contributed by atoms with Crippen LogP contribution in [-0.4, -0.2) is 11.2 Å². The van der Waals surface area contributed by atoms with Crippen molar-refractivity contribution in [3.8, 4) is 0 Å². The Morgan fingerprint density at radius 2 is 1.94 bits per heavy atom. The zero-order valence-corrected chi connectivity index (χ0v) is 10.0. The zero-order valence-electron chi connectivity index (χ0n) is 10.0. The largest absolute Gasteiger partial charge is 0.849 e. The number of allylic oxidation sites excluding steroid dienone is 1. The first-order valence-electron chi connectivity index (χ1n) is 6.35. The van der Waals surface area contributed by atoms with Gasteiger partial charge in [0.2, 0.25) is 0 Å². The Balaban J connectivity index is 1.94. The monoisotopic (exact) mass is 231 g/mol. The number of aliphatic hydroxyl groups excluding tert-OH is 1. The van der Waals surface area contributed by atoms with Crippen LogP contribution in [0, 0.1) is 0 Å². The minimum atomic E-state index is -0.745. The van der Waals surface area contributed by atoms with Crippen molar-refractivity contribution in [1.82, 2.24) is 0 Å². The molecule has 0 spiro atoms. The minimum absolute atomic E-state index is 0.288. The summed E-state index contributed by atoms with van der Waals surface area (Å²) in [5, 5.41) is 22.0. The summed E-state index contributed by atoms with van der Waals surface area (Å²) in [5.41, 5.74) is 1.83. The molecule has 2 unspecified atom stereocenters. The Morgan fingerprint density at radius 1 is 1.18 bits per heavy atom. The van der Waals surface area contributed by atoms with Crippen molar-refractivity contribution in [2.75, 3.05) is 0 Å². The highest BCUT2D eigenvalue weighted by atomic mass is 16.3. The van der Waals surface area contributed by atoms with Crippen LogP contribution in [0.2, 0.25) is 0 Å². The SMILES string of the molecule is [O-]C(CC(O)c1ccccc1)C1=CCCCC1. The van der Waals surface area contributed by atoms with Gasteiger partial charge in [0.15, 0.2) is 0 Å². The molecule has 1 aromatic rings. The van der Waals surface area contributed by atoms with Gasteiger partial charge < -0.3 is 10.2 Å². The standard InChI is InChI=1S/C15H19O2/c16-14(12-7-3-1-4-8-12)11-15(17)13-9-5-2-6-10-13/h1,3-4,7-9,14-16H,2,5-6,10-11H2/q-1. The van der Waals surface area contributed by atoms with Crippen molar-refractivity contribution in [3.05, 3.63) is 47.5 Å². The summed E-state index contributed by atoms with van der Waals surface area (Å²) in [6.07, 6.45) is 5.22. The van der Waals surface area contributed by atoms with Crippen molar-refractivity contribution in [3.63, 3.8) is 0 Å². The Hall–Kier alpha value is -1.12. The summed E-state index contributed by atoms with van der Waals surface area (Å²) >= 11 is 0. The summed E-state index contributed by atoms with van der Waals surface area (Å²) in [5.74, 6) is 0. The van der Waals surface area contributed by atoms with E-state index in [2.05, 4.69) is 6.08 Å². The van der Waals surface area contributed by atoms with Gasteiger partial charge in [-0.25, -0.2) is 0 Å². The van der Waals surface area contributed by atoms with E-state index in [0.29, 0.717) is 0 Å². The molecule has 0 heterocycles. The maximum atomic E-state index is 12.0. The molecule has 0 amide bonds. The summed E-state index contributed by atoms with van der Waals surface area (Å²) in [7, 11) is 0. The van der Waals surface area contributed by atoms with E-state index in [-0.39, 0.29) is 6.42 Å². The first kappa shape index (κ1) is 12.3. The average molecular weight is 231 g/mol. The first-order valence-corrected chi connectivity index (χ1v) is 6.35. The molecule has 0 aromatic heterocycles. The summed E-state index contributed by atoms with van der Waals surface area (Å²) < 4.78 is 0. The Kier molecular flexibility index (Phi) is 4.35. The van der Waals surface area contributed by atoms with E-state index >= 15 is 0 Å². The maximum Gasteiger partial charge on any atom is 0.0782 e. The molecular weight excluding hydrogens is 212 g/mol. The molecular formula is C15H19O2-. The van der Waals surface area contributed by atoms with Crippen molar-refractivity contribution in [2.45, 2.75) is 44.3 Å². The highest BCUT2D eigenvalue weighted by Gasteiger charge is 2.12. The van der Waals surface area contributed by atoms with E-state index in [1.165, 1.54) is 6.42 Å². The summed E-state index contributed by atoms with van der Waals surface area (Å²) in [6, 6.07) is 9.42. The predicted molar refractivity (Wildman–Crippen MR) is 66.4 cm³/mol. The first-order chi connectivity index (χ1) is 8.27. The van der Waals surface area contributed by atoms with Crippen LogP contribution in [0.15, 0.2) is 42.0 Å². The molecule has 17 heavy (non-hydrogen) atoms. The zero-order chi connectivity index (χ0) is 12.1. The summed E-state index contributed by atoms with van der Waals surface area (Å²) in [4.78, 5) is 0. The normalized spacial score (nSPS) is 19.5. The lowest BCUT2D eigenvalue weighted by molar-refractivity contribution is -0.411. The number of hydrogen-bond acceptors (Lipinski definition) is 2. The van der Waals surface area contributed by atoms with Gasteiger partial charge in [-0.3, -0.25) is 0 Å². The van der Waals surface area contributed by atoms with Crippen molar-refractivity contribution >= 4 is 0 Å². The molecule has 2 heteroatoms. The Morgan fingerprint density at radius 3 is 2.59 bits per heavy atom. The lowest BCUT2D eigenvalue weighted by Gasteiger charge is -2.30. The van der Waals surface area contributed by atoms with E-state index in [4.69, 9.17) is 0 Å². The van der Waals surface area contributed by atoms with Gasteiger partial charge in [0.25, 0.3) is 0 Å². The number of hydrogen-bond donors (Lipinski definition) is 1. The van der Waals surface area contributed by atoms with Gasteiger partial charge in [-0.1, -0.05) is 42.0 Å². The van der Waals surface area contributed by atoms with Crippen molar-refractivity contribution in [2.24, 2.45) is 0 Å². The maximum absolute atomic E-state index is 12.0. The second-order valence-corrected chi connectivity index (χ2v) is 4.68. The Labute approximate surface area is 103 Å². The number of benzene rings is 1. The van der Waals surface area contributed by atoms with Crippen LogP contribution in [-0.2, 0) is 0 Å². The third-order valence-electron chi connectivity index (χ3n) is 3.36. The van der Waals surface area contributed by atoms with Gasteiger partial charge >= 0.3 is 0 Å².